The van der Waals surface area contributed by atoms with Gasteiger partial charge in [-0.25, -0.2) is 4.68 Å². The molecule has 0 aliphatic heterocycles. The van der Waals surface area contributed by atoms with Gasteiger partial charge in [0.1, 0.15) is 6.33 Å². The maximum atomic E-state index is 5.58. The molecule has 0 saturated heterocycles. The third-order valence-electron chi connectivity index (χ3n) is 1.75. The van der Waals surface area contributed by atoms with Gasteiger partial charge in [-0.2, -0.15) is 0 Å². The van der Waals surface area contributed by atoms with Gasteiger partial charge < -0.3 is 5.84 Å². The first kappa shape index (κ1) is 9.25. The smallest absolute Gasteiger partial charge is 0.182 e. The van der Waals surface area contributed by atoms with Crippen molar-refractivity contribution in [2.45, 2.75) is 6.92 Å². The highest BCUT2D eigenvalue weighted by Gasteiger charge is 2.06. The molecule has 1 rings (SSSR count). The molecule has 0 atom stereocenters. The van der Waals surface area contributed by atoms with E-state index < -0.39 is 0 Å². The minimum absolute atomic E-state index is 0.590. The van der Waals surface area contributed by atoms with Gasteiger partial charge in [0, 0.05) is 5.57 Å². The first-order valence-electron chi connectivity index (χ1n) is 3.82. The largest absolute Gasteiger partial charge is 0.336 e. The molecular formula is C9H12N4. The van der Waals surface area contributed by atoms with Gasteiger partial charge in [-0.3, -0.25) is 0 Å². The van der Waals surface area contributed by atoms with Crippen LogP contribution in [0.5, 0.6) is 0 Å². The van der Waals surface area contributed by atoms with Crippen molar-refractivity contribution in [3.8, 4) is 0 Å². The molecule has 1 aromatic rings. The predicted octanol–water partition coefficient (Wildman–Crippen LogP) is 1.14. The number of nitrogens with zero attached hydrogens (tertiary/aromatic N) is 3. The van der Waals surface area contributed by atoms with Crippen molar-refractivity contribution < 1.29 is 0 Å². The zero-order chi connectivity index (χ0) is 9.84. The summed E-state index contributed by atoms with van der Waals surface area (Å²) in [5, 5.41) is 7.55. The lowest BCUT2D eigenvalue weighted by Gasteiger charge is -2.02. The van der Waals surface area contributed by atoms with Crippen LogP contribution in [0.4, 0.5) is 0 Å². The molecular weight excluding hydrogens is 164 g/mol. The Balaban J connectivity index is 3.27. The molecule has 68 valence electrons. The number of allylic oxidation sites excluding steroid dienone is 4. The molecule has 13 heavy (non-hydrogen) atoms. The number of rotatable bonds is 3. The van der Waals surface area contributed by atoms with Gasteiger partial charge in [-0.15, -0.1) is 10.2 Å². The fourth-order valence-corrected chi connectivity index (χ4v) is 0.974. The van der Waals surface area contributed by atoms with Crippen LogP contribution in [0, 0.1) is 0 Å². The Hall–Kier alpha value is -1.84. The van der Waals surface area contributed by atoms with E-state index in [0.29, 0.717) is 5.82 Å². The average molecular weight is 176 g/mol. The van der Waals surface area contributed by atoms with Crippen LogP contribution < -0.4 is 5.84 Å². The van der Waals surface area contributed by atoms with Crippen molar-refractivity contribution in [1.29, 1.82) is 0 Å². The number of hydrogen-bond acceptors (Lipinski definition) is 3. The zero-order valence-corrected chi connectivity index (χ0v) is 7.57. The highest BCUT2D eigenvalue weighted by atomic mass is 15.4. The van der Waals surface area contributed by atoms with Crippen LogP contribution in [0.1, 0.15) is 12.7 Å². The van der Waals surface area contributed by atoms with Crippen LogP contribution in [0.15, 0.2) is 37.2 Å². The Bertz CT molecular complexity index is 359. The van der Waals surface area contributed by atoms with E-state index in [1.165, 1.54) is 11.0 Å². The van der Waals surface area contributed by atoms with Crippen LogP contribution >= 0.6 is 0 Å². The molecule has 1 aromatic heterocycles. The minimum atomic E-state index is 0.590. The minimum Gasteiger partial charge on any atom is -0.336 e. The molecule has 1 heterocycles. The van der Waals surface area contributed by atoms with Crippen molar-refractivity contribution in [2.75, 3.05) is 5.84 Å². The Morgan fingerprint density at radius 1 is 1.54 bits per heavy atom. The van der Waals surface area contributed by atoms with E-state index in [4.69, 9.17) is 5.84 Å². The Morgan fingerprint density at radius 3 is 2.62 bits per heavy atom. The summed E-state index contributed by atoms with van der Waals surface area (Å²) in [5.74, 6) is 6.18. The highest BCUT2D eigenvalue weighted by molar-refractivity contribution is 5.73. The quantitative estimate of drug-likeness (QED) is 0.555. The van der Waals surface area contributed by atoms with Crippen LogP contribution in [-0.2, 0) is 0 Å². The number of nitrogens with two attached hydrogens (primary N) is 1. The Morgan fingerprint density at radius 2 is 2.23 bits per heavy atom. The topological polar surface area (TPSA) is 56.7 Å². The molecule has 0 aromatic carbocycles. The molecule has 0 aliphatic carbocycles. The molecule has 4 nitrogen and oxygen atoms in total. The summed E-state index contributed by atoms with van der Waals surface area (Å²) in [5.41, 5.74) is 1.81. The van der Waals surface area contributed by atoms with Gasteiger partial charge in [-0.1, -0.05) is 25.3 Å². The summed E-state index contributed by atoms with van der Waals surface area (Å²) < 4.78 is 1.35. The zero-order valence-electron chi connectivity index (χ0n) is 7.57. The van der Waals surface area contributed by atoms with Gasteiger partial charge in [0.15, 0.2) is 5.82 Å². The molecule has 4 heteroatoms. The Labute approximate surface area is 77.1 Å². The van der Waals surface area contributed by atoms with Crippen LogP contribution in [-0.4, -0.2) is 14.9 Å². The lowest BCUT2D eigenvalue weighted by Crippen LogP contribution is -2.10. The van der Waals surface area contributed by atoms with E-state index in [9.17, 15) is 0 Å². The molecule has 0 amide bonds. The van der Waals surface area contributed by atoms with E-state index >= 15 is 0 Å². The van der Waals surface area contributed by atoms with Gasteiger partial charge in [0.2, 0.25) is 0 Å². The van der Waals surface area contributed by atoms with Gasteiger partial charge in [-0.05, 0) is 12.5 Å². The summed E-state index contributed by atoms with van der Waals surface area (Å²) >= 11 is 0. The maximum Gasteiger partial charge on any atom is 0.182 e. The summed E-state index contributed by atoms with van der Waals surface area (Å²) in [4.78, 5) is 0. The van der Waals surface area contributed by atoms with E-state index in [0.717, 1.165) is 11.1 Å². The maximum absolute atomic E-state index is 5.58. The molecule has 0 aliphatic rings. The average Bonchev–Trinajstić information content (AvgIpc) is 2.53. The van der Waals surface area contributed by atoms with Crippen LogP contribution in [0.2, 0.25) is 0 Å². The lowest BCUT2D eigenvalue weighted by molar-refractivity contribution is 0.970. The second-order valence-electron chi connectivity index (χ2n) is 2.57. The van der Waals surface area contributed by atoms with Crippen molar-refractivity contribution >= 4 is 5.57 Å². The summed E-state index contributed by atoms with van der Waals surface area (Å²) in [7, 11) is 0. The first-order valence-corrected chi connectivity index (χ1v) is 3.82. The molecule has 0 radical (unpaired) electrons. The molecule has 0 saturated carbocycles. The van der Waals surface area contributed by atoms with E-state index in [1.54, 1.807) is 12.2 Å². The van der Waals surface area contributed by atoms with Crippen LogP contribution in [0.25, 0.3) is 5.57 Å². The van der Waals surface area contributed by atoms with Gasteiger partial charge in [0.05, 0.1) is 0 Å². The van der Waals surface area contributed by atoms with Gasteiger partial charge >= 0.3 is 0 Å². The molecule has 0 unspecified atom stereocenters. The molecule has 0 fully saturated rings. The SMILES string of the molecule is C=C/C(C)=C(\C=C)c1nncn1N. The molecule has 2 N–H and O–H groups in total. The number of nitrogen functional groups attached to an aromatic ring is 1. The van der Waals surface area contributed by atoms with E-state index in [1.807, 2.05) is 6.92 Å². The fourth-order valence-electron chi connectivity index (χ4n) is 0.974. The Kier molecular flexibility index (Phi) is 2.64. The van der Waals surface area contributed by atoms with Gasteiger partial charge in [0.25, 0.3) is 0 Å². The predicted molar refractivity (Wildman–Crippen MR) is 53.2 cm³/mol. The molecule has 0 bridgehead atoms. The number of aromatic nitrogens is 3. The highest BCUT2D eigenvalue weighted by Crippen LogP contribution is 2.16. The summed E-state index contributed by atoms with van der Waals surface area (Å²) in [6.07, 6.45) is 4.85. The monoisotopic (exact) mass is 176 g/mol. The first-order chi connectivity index (χ1) is 6.20. The normalized spacial score (nSPS) is 12.1. The second kappa shape index (κ2) is 3.71. The third-order valence-corrected chi connectivity index (χ3v) is 1.75. The number of hydrogen-bond donors (Lipinski definition) is 1. The third kappa shape index (κ3) is 1.66. The molecule has 0 spiro atoms. The van der Waals surface area contributed by atoms with Crippen molar-refractivity contribution in [3.05, 3.63) is 43.0 Å². The van der Waals surface area contributed by atoms with Crippen LogP contribution in [0.3, 0.4) is 0 Å². The van der Waals surface area contributed by atoms with E-state index in [-0.39, 0.29) is 0 Å². The second-order valence-corrected chi connectivity index (χ2v) is 2.57. The summed E-state index contributed by atoms with van der Waals surface area (Å²) in [6, 6.07) is 0. The lowest BCUT2D eigenvalue weighted by atomic mass is 10.1. The van der Waals surface area contributed by atoms with Crippen molar-refractivity contribution in [3.63, 3.8) is 0 Å². The summed E-state index contributed by atoms with van der Waals surface area (Å²) in [6.45, 7) is 9.27. The van der Waals surface area contributed by atoms with E-state index in [2.05, 4.69) is 23.4 Å². The standard InChI is InChI=1S/C9H12N4/c1-4-7(3)8(5-2)9-12-11-6-13(9)10/h4-6H,1-2,10H2,3H3/b8-7+. The van der Waals surface area contributed by atoms with Crippen molar-refractivity contribution in [2.24, 2.45) is 0 Å². The fraction of sp³-hybridized carbons (Fsp3) is 0.111. The van der Waals surface area contributed by atoms with Crippen molar-refractivity contribution in [1.82, 2.24) is 14.9 Å².